The lowest BCUT2D eigenvalue weighted by atomic mass is 10.1. The molecule has 0 amide bonds. The van der Waals surface area contributed by atoms with E-state index in [9.17, 15) is 8.78 Å². The molecule has 0 aliphatic carbocycles. The molecule has 0 radical (unpaired) electrons. The Balaban J connectivity index is 1.79. The van der Waals surface area contributed by atoms with E-state index >= 15 is 0 Å². The average molecular weight is 359 g/mol. The summed E-state index contributed by atoms with van der Waals surface area (Å²) in [6.45, 7) is 0. The molecule has 1 aromatic carbocycles. The van der Waals surface area contributed by atoms with E-state index in [0.717, 1.165) is 0 Å². The third-order valence-electron chi connectivity index (χ3n) is 3.56. The van der Waals surface area contributed by atoms with Crippen LogP contribution in [0.1, 0.15) is 0 Å². The highest BCUT2D eigenvalue weighted by Crippen LogP contribution is 2.32. The molecule has 124 valence electrons. The highest BCUT2D eigenvalue weighted by molar-refractivity contribution is 6.32. The van der Waals surface area contributed by atoms with Gasteiger partial charge in [-0.25, -0.2) is 19.3 Å². The minimum Gasteiger partial charge on any atom is -0.436 e. The predicted molar refractivity (Wildman–Crippen MR) is 87.7 cm³/mol. The molecule has 0 bridgehead atoms. The second-order valence-corrected chi connectivity index (χ2v) is 5.42. The maximum atomic E-state index is 14.6. The minimum atomic E-state index is -1.11. The molecule has 3 aromatic heterocycles. The number of ether oxygens (including phenoxy) is 1. The van der Waals surface area contributed by atoms with E-state index in [1.54, 1.807) is 24.4 Å². The third-order valence-corrected chi connectivity index (χ3v) is 3.83. The summed E-state index contributed by atoms with van der Waals surface area (Å²) >= 11 is 5.96. The summed E-state index contributed by atoms with van der Waals surface area (Å²) in [7, 11) is 0. The van der Waals surface area contributed by atoms with Crippen LogP contribution in [0.2, 0.25) is 5.15 Å². The molecular formula is C17H9ClF2N4O. The summed E-state index contributed by atoms with van der Waals surface area (Å²) < 4.78 is 35.8. The van der Waals surface area contributed by atoms with Crippen LogP contribution < -0.4 is 4.74 Å². The number of nitrogens with zero attached hydrogens (tertiary/aromatic N) is 4. The highest BCUT2D eigenvalue weighted by atomic mass is 35.5. The van der Waals surface area contributed by atoms with E-state index in [1.165, 1.54) is 35.1 Å². The zero-order chi connectivity index (χ0) is 17.4. The van der Waals surface area contributed by atoms with Gasteiger partial charge in [-0.3, -0.25) is 4.40 Å². The van der Waals surface area contributed by atoms with E-state index in [1.807, 2.05) is 0 Å². The molecule has 0 saturated carbocycles. The molecule has 0 aliphatic heterocycles. The largest absolute Gasteiger partial charge is 0.436 e. The Morgan fingerprint density at radius 2 is 1.84 bits per heavy atom. The number of pyridine rings is 1. The molecule has 0 saturated heterocycles. The lowest BCUT2D eigenvalue weighted by Crippen LogP contribution is -1.98. The lowest BCUT2D eigenvalue weighted by Gasteiger charge is -2.09. The van der Waals surface area contributed by atoms with Crippen molar-refractivity contribution in [2.45, 2.75) is 0 Å². The second-order valence-electron chi connectivity index (χ2n) is 5.06. The van der Waals surface area contributed by atoms with Crippen LogP contribution in [-0.4, -0.2) is 19.4 Å². The van der Waals surface area contributed by atoms with Crippen molar-refractivity contribution in [3.05, 3.63) is 71.9 Å². The van der Waals surface area contributed by atoms with Crippen LogP contribution in [0.15, 0.2) is 55.1 Å². The third kappa shape index (κ3) is 2.68. The number of halogens is 3. The fourth-order valence-corrected chi connectivity index (χ4v) is 2.61. The number of benzene rings is 1. The van der Waals surface area contributed by atoms with E-state index in [0.29, 0.717) is 11.3 Å². The first-order chi connectivity index (χ1) is 12.1. The van der Waals surface area contributed by atoms with Crippen LogP contribution in [0.25, 0.3) is 16.9 Å². The van der Waals surface area contributed by atoms with Gasteiger partial charge in [0.1, 0.15) is 0 Å². The molecule has 0 atom stereocenters. The summed E-state index contributed by atoms with van der Waals surface area (Å²) in [5, 5.41) is 0.171. The SMILES string of the molecule is Fc1c(Oc2ccccn2)ccc(-c2cnc3c(Cl)nccn23)c1F. The van der Waals surface area contributed by atoms with Gasteiger partial charge in [-0.15, -0.1) is 0 Å². The van der Waals surface area contributed by atoms with Gasteiger partial charge in [-0.05, 0) is 18.2 Å². The summed E-state index contributed by atoms with van der Waals surface area (Å²) in [6, 6.07) is 7.67. The summed E-state index contributed by atoms with van der Waals surface area (Å²) in [5.41, 5.74) is 0.730. The predicted octanol–water partition coefficient (Wildman–Crippen LogP) is 4.52. The normalized spacial score (nSPS) is 11.0. The van der Waals surface area contributed by atoms with Crippen LogP contribution in [0.3, 0.4) is 0 Å². The molecule has 3 heterocycles. The minimum absolute atomic E-state index is 0.0284. The zero-order valence-electron chi connectivity index (χ0n) is 12.5. The Hall–Kier alpha value is -3.06. The van der Waals surface area contributed by atoms with Crippen molar-refractivity contribution in [2.24, 2.45) is 0 Å². The molecule has 0 spiro atoms. The van der Waals surface area contributed by atoms with Crippen molar-refractivity contribution >= 4 is 17.2 Å². The maximum absolute atomic E-state index is 14.6. The Morgan fingerprint density at radius 3 is 2.64 bits per heavy atom. The Labute approximate surface area is 145 Å². The topological polar surface area (TPSA) is 52.3 Å². The Kier molecular flexibility index (Phi) is 3.77. The van der Waals surface area contributed by atoms with Crippen LogP contribution >= 0.6 is 11.6 Å². The summed E-state index contributed by atoms with van der Waals surface area (Å²) in [6.07, 6.45) is 5.92. The molecule has 0 N–H and O–H groups in total. The van der Waals surface area contributed by atoms with Gasteiger partial charge in [0, 0.05) is 30.2 Å². The van der Waals surface area contributed by atoms with E-state index in [4.69, 9.17) is 16.3 Å². The number of fused-ring (bicyclic) bond motifs is 1. The van der Waals surface area contributed by atoms with Crippen molar-refractivity contribution < 1.29 is 13.5 Å². The molecule has 0 unspecified atom stereocenters. The fourth-order valence-electron chi connectivity index (χ4n) is 2.42. The van der Waals surface area contributed by atoms with Crippen molar-refractivity contribution in [3.63, 3.8) is 0 Å². The van der Waals surface area contributed by atoms with Gasteiger partial charge in [-0.1, -0.05) is 17.7 Å². The van der Waals surface area contributed by atoms with Crippen LogP contribution in [-0.2, 0) is 0 Å². The molecule has 4 aromatic rings. The van der Waals surface area contributed by atoms with Gasteiger partial charge in [0.25, 0.3) is 0 Å². The van der Waals surface area contributed by atoms with Crippen LogP contribution in [0.5, 0.6) is 11.6 Å². The Morgan fingerprint density at radius 1 is 0.960 bits per heavy atom. The first kappa shape index (κ1) is 15.5. The lowest BCUT2D eigenvalue weighted by molar-refractivity contribution is 0.406. The zero-order valence-corrected chi connectivity index (χ0v) is 13.3. The van der Waals surface area contributed by atoms with Crippen LogP contribution in [0.4, 0.5) is 8.78 Å². The molecule has 0 aliphatic rings. The van der Waals surface area contributed by atoms with E-state index in [2.05, 4.69) is 15.0 Å². The fraction of sp³-hybridized carbons (Fsp3) is 0. The van der Waals surface area contributed by atoms with Crippen molar-refractivity contribution in [1.29, 1.82) is 0 Å². The second kappa shape index (κ2) is 6.10. The van der Waals surface area contributed by atoms with Crippen LogP contribution in [0, 0.1) is 11.6 Å². The number of aromatic nitrogens is 4. The van der Waals surface area contributed by atoms with E-state index in [-0.39, 0.29) is 22.3 Å². The van der Waals surface area contributed by atoms with Crippen molar-refractivity contribution in [3.8, 4) is 22.9 Å². The van der Waals surface area contributed by atoms with Crippen molar-refractivity contribution in [1.82, 2.24) is 19.4 Å². The molecule has 5 nitrogen and oxygen atoms in total. The number of hydrogen-bond acceptors (Lipinski definition) is 4. The first-order valence-electron chi connectivity index (χ1n) is 7.20. The average Bonchev–Trinajstić information content (AvgIpc) is 3.05. The van der Waals surface area contributed by atoms with Gasteiger partial charge in [0.05, 0.1) is 11.9 Å². The molecular weight excluding hydrogens is 350 g/mol. The number of imidazole rings is 1. The van der Waals surface area contributed by atoms with Gasteiger partial charge < -0.3 is 4.74 Å². The molecule has 25 heavy (non-hydrogen) atoms. The standard InChI is InChI=1S/C17H9ClF2N4O/c18-16-17-23-9-11(24(17)8-7-22-16)10-4-5-12(15(20)14(10)19)25-13-3-1-2-6-21-13/h1-9H. The van der Waals surface area contributed by atoms with Gasteiger partial charge in [0.15, 0.2) is 22.4 Å². The molecule has 8 heteroatoms. The van der Waals surface area contributed by atoms with E-state index < -0.39 is 11.6 Å². The Bertz CT molecular complexity index is 1070. The summed E-state index contributed by atoms with van der Waals surface area (Å²) in [5.74, 6) is -2.25. The first-order valence-corrected chi connectivity index (χ1v) is 7.58. The monoisotopic (exact) mass is 358 g/mol. The summed E-state index contributed by atoms with van der Waals surface area (Å²) in [4.78, 5) is 11.9. The number of rotatable bonds is 3. The quantitative estimate of drug-likeness (QED) is 0.540. The highest BCUT2D eigenvalue weighted by Gasteiger charge is 2.19. The number of hydrogen-bond donors (Lipinski definition) is 0. The van der Waals surface area contributed by atoms with Gasteiger partial charge in [0.2, 0.25) is 11.7 Å². The van der Waals surface area contributed by atoms with Crippen molar-refractivity contribution in [2.75, 3.05) is 0 Å². The van der Waals surface area contributed by atoms with Gasteiger partial charge >= 0.3 is 0 Å². The molecule has 0 fully saturated rings. The molecule has 4 rings (SSSR count). The van der Waals surface area contributed by atoms with Gasteiger partial charge in [-0.2, -0.15) is 4.39 Å². The smallest absolute Gasteiger partial charge is 0.219 e. The maximum Gasteiger partial charge on any atom is 0.219 e.